The fraction of sp³-hybridized carbons (Fsp3) is 0.467. The Balaban J connectivity index is 1.98. The normalized spacial score (nSPS) is 17.9. The largest absolute Gasteiger partial charge is 0.481 e. The molecule has 108 valence electrons. The molecule has 20 heavy (non-hydrogen) atoms. The molecule has 1 unspecified atom stereocenters. The van der Waals surface area contributed by atoms with Crippen molar-refractivity contribution in [2.45, 2.75) is 38.6 Å². The lowest BCUT2D eigenvalue weighted by atomic mass is 9.66. The van der Waals surface area contributed by atoms with Crippen molar-refractivity contribution in [3.8, 4) is 0 Å². The molecule has 0 spiro atoms. The summed E-state index contributed by atoms with van der Waals surface area (Å²) in [6, 6.07) is 7.07. The Kier molecular flexibility index (Phi) is 4.33. The predicted molar refractivity (Wildman–Crippen MR) is 76.5 cm³/mol. The molecule has 1 amide bonds. The molecule has 0 bridgehead atoms. The predicted octanol–water partition coefficient (Wildman–Crippen LogP) is 3.16. The van der Waals surface area contributed by atoms with Gasteiger partial charge in [0.25, 0.3) is 0 Å². The standard InChI is InChI=1S/C15H18ClNO3/c1-10(11-5-2-3-6-12(11)16)17-13(18)9-15(14(19)20)7-4-8-15/h2-3,5-6,10H,4,7-9H2,1H3,(H,17,18)(H,19,20). The first-order valence-corrected chi connectivity index (χ1v) is 7.10. The Labute approximate surface area is 123 Å². The van der Waals surface area contributed by atoms with Crippen molar-refractivity contribution in [1.82, 2.24) is 5.32 Å². The quantitative estimate of drug-likeness (QED) is 0.877. The fourth-order valence-electron chi connectivity index (χ4n) is 2.57. The molecule has 1 fully saturated rings. The van der Waals surface area contributed by atoms with E-state index in [0.717, 1.165) is 12.0 Å². The molecule has 5 heteroatoms. The third kappa shape index (κ3) is 2.96. The summed E-state index contributed by atoms with van der Waals surface area (Å²) in [5, 5.41) is 12.7. The molecule has 1 aliphatic carbocycles. The van der Waals surface area contributed by atoms with Crippen LogP contribution in [0.5, 0.6) is 0 Å². The van der Waals surface area contributed by atoms with Crippen molar-refractivity contribution in [2.24, 2.45) is 5.41 Å². The van der Waals surface area contributed by atoms with Gasteiger partial charge in [0, 0.05) is 11.4 Å². The van der Waals surface area contributed by atoms with Crippen LogP contribution in [0, 0.1) is 5.41 Å². The number of hydrogen-bond acceptors (Lipinski definition) is 2. The number of rotatable bonds is 5. The second-order valence-corrected chi connectivity index (χ2v) is 5.83. The minimum absolute atomic E-state index is 0.0388. The molecule has 0 heterocycles. The highest BCUT2D eigenvalue weighted by Crippen LogP contribution is 2.44. The topological polar surface area (TPSA) is 66.4 Å². The van der Waals surface area contributed by atoms with Gasteiger partial charge in [-0.25, -0.2) is 0 Å². The van der Waals surface area contributed by atoms with Crippen LogP contribution in [0.2, 0.25) is 5.02 Å². The maximum absolute atomic E-state index is 12.0. The number of amides is 1. The number of carboxylic acid groups (broad SMARTS) is 1. The van der Waals surface area contributed by atoms with Crippen molar-refractivity contribution < 1.29 is 14.7 Å². The lowest BCUT2D eigenvalue weighted by Gasteiger charge is -2.37. The van der Waals surface area contributed by atoms with Crippen LogP contribution in [0.3, 0.4) is 0 Å². The van der Waals surface area contributed by atoms with E-state index in [1.807, 2.05) is 25.1 Å². The van der Waals surface area contributed by atoms with Gasteiger partial charge in [-0.3, -0.25) is 9.59 Å². The SMILES string of the molecule is CC(NC(=O)CC1(C(=O)O)CCC1)c1ccccc1Cl. The van der Waals surface area contributed by atoms with Gasteiger partial charge in [-0.05, 0) is 31.4 Å². The molecule has 1 aromatic carbocycles. The molecule has 0 aromatic heterocycles. The van der Waals surface area contributed by atoms with Crippen LogP contribution < -0.4 is 5.32 Å². The minimum atomic E-state index is -0.871. The van der Waals surface area contributed by atoms with Gasteiger partial charge in [0.1, 0.15) is 0 Å². The number of nitrogens with one attached hydrogen (secondary N) is 1. The number of carboxylic acids is 1. The van der Waals surface area contributed by atoms with Crippen molar-refractivity contribution in [3.05, 3.63) is 34.9 Å². The smallest absolute Gasteiger partial charge is 0.310 e. The summed E-state index contributed by atoms with van der Waals surface area (Å²) in [6.45, 7) is 1.84. The summed E-state index contributed by atoms with van der Waals surface area (Å²) in [6.07, 6.45) is 2.07. The van der Waals surface area contributed by atoms with E-state index in [2.05, 4.69) is 5.32 Å². The molecule has 2 rings (SSSR count). The summed E-state index contributed by atoms with van der Waals surface area (Å²) in [4.78, 5) is 23.3. The average Bonchev–Trinajstić information content (AvgIpc) is 2.33. The lowest BCUT2D eigenvalue weighted by molar-refractivity contribution is -0.157. The van der Waals surface area contributed by atoms with Crippen LogP contribution in [0.25, 0.3) is 0 Å². The first kappa shape index (κ1) is 14.9. The van der Waals surface area contributed by atoms with E-state index < -0.39 is 11.4 Å². The molecule has 1 saturated carbocycles. The molecular formula is C15H18ClNO3. The van der Waals surface area contributed by atoms with Gasteiger partial charge in [-0.15, -0.1) is 0 Å². The van der Waals surface area contributed by atoms with Gasteiger partial charge < -0.3 is 10.4 Å². The Morgan fingerprint density at radius 2 is 2.05 bits per heavy atom. The van der Waals surface area contributed by atoms with Crippen LogP contribution >= 0.6 is 11.6 Å². The highest BCUT2D eigenvalue weighted by Gasteiger charge is 2.45. The lowest BCUT2D eigenvalue weighted by Crippen LogP contribution is -2.43. The molecular weight excluding hydrogens is 278 g/mol. The Bertz CT molecular complexity index is 526. The highest BCUT2D eigenvalue weighted by molar-refractivity contribution is 6.31. The summed E-state index contributed by atoms with van der Waals surface area (Å²) in [5.41, 5.74) is -0.0231. The van der Waals surface area contributed by atoms with E-state index in [4.69, 9.17) is 11.6 Å². The molecule has 4 nitrogen and oxygen atoms in total. The van der Waals surface area contributed by atoms with E-state index in [1.54, 1.807) is 6.07 Å². The molecule has 1 aromatic rings. The van der Waals surface area contributed by atoms with Crippen molar-refractivity contribution in [3.63, 3.8) is 0 Å². The maximum Gasteiger partial charge on any atom is 0.310 e. The molecule has 0 saturated heterocycles. The molecule has 1 atom stereocenters. The number of carbonyl (C=O) groups is 2. The van der Waals surface area contributed by atoms with Crippen LogP contribution in [-0.2, 0) is 9.59 Å². The van der Waals surface area contributed by atoms with Crippen molar-refractivity contribution >= 4 is 23.5 Å². The highest BCUT2D eigenvalue weighted by atomic mass is 35.5. The van der Waals surface area contributed by atoms with Gasteiger partial charge in [0.2, 0.25) is 5.91 Å². The Hall–Kier alpha value is -1.55. The zero-order valence-corrected chi connectivity index (χ0v) is 12.1. The van der Waals surface area contributed by atoms with Gasteiger partial charge in [-0.2, -0.15) is 0 Å². The maximum atomic E-state index is 12.0. The summed E-state index contributed by atoms with van der Waals surface area (Å²) in [7, 11) is 0. The van der Waals surface area contributed by atoms with Gasteiger partial charge in [0.05, 0.1) is 11.5 Å². The van der Waals surface area contributed by atoms with E-state index in [1.165, 1.54) is 0 Å². The monoisotopic (exact) mass is 295 g/mol. The second-order valence-electron chi connectivity index (χ2n) is 5.43. The molecule has 2 N–H and O–H groups in total. The summed E-state index contributed by atoms with van der Waals surface area (Å²) < 4.78 is 0. The average molecular weight is 296 g/mol. The first-order valence-electron chi connectivity index (χ1n) is 6.72. The fourth-order valence-corrected chi connectivity index (χ4v) is 2.87. The molecule has 0 radical (unpaired) electrons. The van der Waals surface area contributed by atoms with Crippen LogP contribution in [-0.4, -0.2) is 17.0 Å². The van der Waals surface area contributed by atoms with E-state index in [9.17, 15) is 14.7 Å². The van der Waals surface area contributed by atoms with Gasteiger partial charge >= 0.3 is 5.97 Å². The zero-order chi connectivity index (χ0) is 14.8. The van der Waals surface area contributed by atoms with Crippen LogP contribution in [0.4, 0.5) is 0 Å². The summed E-state index contributed by atoms with van der Waals surface area (Å²) in [5.74, 6) is -1.11. The Morgan fingerprint density at radius 1 is 1.40 bits per heavy atom. The molecule has 1 aliphatic rings. The number of benzene rings is 1. The third-order valence-electron chi connectivity index (χ3n) is 4.01. The minimum Gasteiger partial charge on any atom is -0.481 e. The number of halogens is 1. The van der Waals surface area contributed by atoms with Crippen molar-refractivity contribution in [2.75, 3.05) is 0 Å². The second kappa shape index (κ2) is 5.83. The first-order chi connectivity index (χ1) is 9.44. The number of carbonyl (C=O) groups excluding carboxylic acids is 1. The third-order valence-corrected chi connectivity index (χ3v) is 4.36. The zero-order valence-electron chi connectivity index (χ0n) is 11.4. The van der Waals surface area contributed by atoms with Gasteiger partial charge in [0.15, 0.2) is 0 Å². The van der Waals surface area contributed by atoms with Crippen LogP contribution in [0.1, 0.15) is 44.2 Å². The van der Waals surface area contributed by atoms with Crippen molar-refractivity contribution in [1.29, 1.82) is 0 Å². The van der Waals surface area contributed by atoms with E-state index in [-0.39, 0.29) is 18.4 Å². The molecule has 0 aliphatic heterocycles. The summed E-state index contributed by atoms with van der Waals surface area (Å²) >= 11 is 6.08. The van der Waals surface area contributed by atoms with E-state index >= 15 is 0 Å². The number of aliphatic carboxylic acids is 1. The Morgan fingerprint density at radius 3 is 2.55 bits per heavy atom. The van der Waals surface area contributed by atoms with Crippen LogP contribution in [0.15, 0.2) is 24.3 Å². The van der Waals surface area contributed by atoms with E-state index in [0.29, 0.717) is 17.9 Å². The number of hydrogen-bond donors (Lipinski definition) is 2. The van der Waals surface area contributed by atoms with Gasteiger partial charge in [-0.1, -0.05) is 36.2 Å².